The minimum absolute atomic E-state index is 0.0558. The maximum Gasteiger partial charge on any atom is 0.493 e. The molecule has 0 amide bonds. The van der Waals surface area contributed by atoms with Crippen molar-refractivity contribution in [2.75, 3.05) is 31.1 Å². The van der Waals surface area contributed by atoms with E-state index in [9.17, 15) is 27.6 Å². The van der Waals surface area contributed by atoms with E-state index in [1.54, 1.807) is 31.2 Å². The van der Waals surface area contributed by atoms with Gasteiger partial charge in [-0.1, -0.05) is 28.5 Å². The van der Waals surface area contributed by atoms with Crippen molar-refractivity contribution in [3.8, 4) is 5.69 Å². The smallest absolute Gasteiger partial charge is 0.339 e. The Morgan fingerprint density at radius 1 is 1.21 bits per heavy atom. The normalized spacial score (nSPS) is 14.6. The minimum atomic E-state index is -5.41. The van der Waals surface area contributed by atoms with Gasteiger partial charge >= 0.3 is 23.4 Å². The van der Waals surface area contributed by atoms with Gasteiger partial charge in [-0.25, -0.2) is 9.59 Å². The Bertz CT molecular complexity index is 1340. The Hall–Kier alpha value is -3.32. The number of para-hydroxylation sites is 1. The van der Waals surface area contributed by atoms with Crippen molar-refractivity contribution < 1.29 is 22.8 Å². The first-order chi connectivity index (χ1) is 15.6. The standard InChI is InChI=1S/C19H18ClF3N6O4/c1-2-27-14-13(15(30)29(18(27)32)33-16(31)19(21,22)23)28(12-6-4-3-5-11(12)20)17(25-14)26-9-7-24-8-10-26/h3-6,24H,2,7-10H2,1H3. The number of carbonyl (C=O) groups excluding carboxylic acids is 1. The highest BCUT2D eigenvalue weighted by atomic mass is 35.5. The quantitative estimate of drug-likeness (QED) is 0.585. The van der Waals surface area contributed by atoms with E-state index in [1.165, 1.54) is 4.57 Å². The number of piperazine rings is 1. The number of nitrogens with zero attached hydrogens (tertiary/aromatic N) is 5. The fraction of sp³-hybridized carbons (Fsp3) is 0.368. The van der Waals surface area contributed by atoms with Crippen LogP contribution in [0.15, 0.2) is 33.9 Å². The molecular weight excluding hydrogens is 469 g/mol. The number of alkyl halides is 3. The Labute approximate surface area is 188 Å². The largest absolute Gasteiger partial charge is 0.493 e. The number of anilines is 1. The number of fused-ring (bicyclic) bond motifs is 1. The first-order valence-electron chi connectivity index (χ1n) is 9.93. The second kappa shape index (κ2) is 8.56. The molecule has 1 aromatic carbocycles. The summed E-state index contributed by atoms with van der Waals surface area (Å²) in [5.74, 6) is -2.42. The van der Waals surface area contributed by atoms with Gasteiger partial charge in [0.25, 0.3) is 0 Å². The van der Waals surface area contributed by atoms with E-state index in [0.29, 0.717) is 31.9 Å². The molecule has 0 bridgehead atoms. The maximum absolute atomic E-state index is 13.3. The van der Waals surface area contributed by atoms with Gasteiger partial charge in [0.15, 0.2) is 11.2 Å². The highest BCUT2D eigenvalue weighted by Crippen LogP contribution is 2.29. The molecule has 0 saturated carbocycles. The van der Waals surface area contributed by atoms with Crippen LogP contribution in [0.2, 0.25) is 5.02 Å². The van der Waals surface area contributed by atoms with Crippen LogP contribution in [0, 0.1) is 0 Å². The predicted molar refractivity (Wildman–Crippen MR) is 113 cm³/mol. The monoisotopic (exact) mass is 486 g/mol. The van der Waals surface area contributed by atoms with Gasteiger partial charge in [0, 0.05) is 32.7 Å². The number of nitrogens with one attached hydrogen (secondary N) is 1. The molecule has 0 radical (unpaired) electrons. The number of aromatic nitrogens is 4. The van der Waals surface area contributed by atoms with Gasteiger partial charge in [0.1, 0.15) is 0 Å². The fourth-order valence-corrected chi connectivity index (χ4v) is 3.82. The van der Waals surface area contributed by atoms with E-state index in [4.69, 9.17) is 11.6 Å². The number of rotatable bonds is 4. The van der Waals surface area contributed by atoms with E-state index in [0.717, 1.165) is 4.57 Å². The van der Waals surface area contributed by atoms with Gasteiger partial charge in [-0.05, 0) is 19.1 Å². The van der Waals surface area contributed by atoms with E-state index < -0.39 is 23.4 Å². The van der Waals surface area contributed by atoms with Gasteiger partial charge < -0.3 is 15.1 Å². The molecule has 1 aliphatic heterocycles. The summed E-state index contributed by atoms with van der Waals surface area (Å²) in [4.78, 5) is 48.0. The number of hydrogen-bond acceptors (Lipinski definition) is 7. The molecule has 4 rings (SSSR count). The SMILES string of the molecule is CCn1c(=O)n(OC(=O)C(F)(F)F)c(=O)c2c1nc(N1CCNCC1)n2-c1ccccc1Cl. The molecule has 3 aromatic rings. The highest BCUT2D eigenvalue weighted by molar-refractivity contribution is 6.32. The van der Waals surface area contributed by atoms with Crippen LogP contribution < -0.4 is 26.3 Å². The highest BCUT2D eigenvalue weighted by Gasteiger charge is 2.43. The summed E-state index contributed by atoms with van der Waals surface area (Å²) in [6.07, 6.45) is -5.41. The summed E-state index contributed by atoms with van der Waals surface area (Å²) >= 11 is 6.38. The first kappa shape index (κ1) is 22.9. The molecule has 1 N–H and O–H groups in total. The maximum atomic E-state index is 13.3. The molecule has 1 saturated heterocycles. The molecular formula is C19H18ClF3N6O4. The van der Waals surface area contributed by atoms with E-state index in [2.05, 4.69) is 15.1 Å². The number of benzene rings is 1. The lowest BCUT2D eigenvalue weighted by Gasteiger charge is -2.28. The summed E-state index contributed by atoms with van der Waals surface area (Å²) in [5.41, 5.74) is -2.54. The van der Waals surface area contributed by atoms with E-state index in [1.807, 2.05) is 4.90 Å². The van der Waals surface area contributed by atoms with Crippen LogP contribution in [0.3, 0.4) is 0 Å². The van der Waals surface area contributed by atoms with Crippen molar-refractivity contribution in [2.24, 2.45) is 0 Å². The van der Waals surface area contributed by atoms with Crippen LogP contribution in [-0.4, -0.2) is 57.2 Å². The molecule has 3 heterocycles. The topological polar surface area (TPSA) is 103 Å². The molecule has 0 spiro atoms. The zero-order valence-electron chi connectivity index (χ0n) is 17.2. The molecule has 2 aromatic heterocycles. The first-order valence-corrected chi connectivity index (χ1v) is 10.3. The molecule has 1 fully saturated rings. The summed E-state index contributed by atoms with van der Waals surface area (Å²) < 4.78 is 40.5. The fourth-order valence-electron chi connectivity index (χ4n) is 3.60. The molecule has 176 valence electrons. The van der Waals surface area contributed by atoms with Gasteiger partial charge in [0.05, 0.1) is 10.7 Å². The van der Waals surface area contributed by atoms with Crippen molar-refractivity contribution in [3.63, 3.8) is 0 Å². The summed E-state index contributed by atoms with van der Waals surface area (Å²) in [7, 11) is 0. The third-order valence-corrected chi connectivity index (χ3v) is 5.42. The summed E-state index contributed by atoms with van der Waals surface area (Å²) in [5, 5.41) is 3.42. The Kier molecular flexibility index (Phi) is 5.93. The minimum Gasteiger partial charge on any atom is -0.339 e. The lowest BCUT2D eigenvalue weighted by atomic mass is 10.3. The Morgan fingerprint density at radius 3 is 2.48 bits per heavy atom. The lowest BCUT2D eigenvalue weighted by Crippen LogP contribution is -2.48. The zero-order chi connectivity index (χ0) is 23.9. The third kappa shape index (κ3) is 3.97. The van der Waals surface area contributed by atoms with Crippen molar-refractivity contribution in [3.05, 3.63) is 50.1 Å². The number of aryl methyl sites for hydroxylation is 1. The number of hydrogen-bond donors (Lipinski definition) is 1. The van der Waals surface area contributed by atoms with Crippen molar-refractivity contribution in [2.45, 2.75) is 19.6 Å². The Balaban J connectivity index is 2.08. The molecule has 33 heavy (non-hydrogen) atoms. The summed E-state index contributed by atoms with van der Waals surface area (Å²) in [6.45, 7) is 3.77. The van der Waals surface area contributed by atoms with E-state index >= 15 is 0 Å². The van der Waals surface area contributed by atoms with Gasteiger partial charge in [-0.3, -0.25) is 13.9 Å². The van der Waals surface area contributed by atoms with Gasteiger partial charge in [0.2, 0.25) is 5.95 Å². The third-order valence-electron chi connectivity index (χ3n) is 5.10. The van der Waals surface area contributed by atoms with E-state index in [-0.39, 0.29) is 33.4 Å². The molecule has 14 heteroatoms. The van der Waals surface area contributed by atoms with Crippen LogP contribution in [0.25, 0.3) is 16.9 Å². The molecule has 10 nitrogen and oxygen atoms in total. The number of imidazole rings is 1. The van der Waals surface area contributed by atoms with Crippen LogP contribution >= 0.6 is 11.6 Å². The number of carbonyl (C=O) groups is 1. The van der Waals surface area contributed by atoms with Crippen molar-refractivity contribution >= 4 is 34.7 Å². The van der Waals surface area contributed by atoms with Crippen LogP contribution in [0.1, 0.15) is 6.92 Å². The number of halogens is 4. The van der Waals surface area contributed by atoms with Crippen LogP contribution in [0.4, 0.5) is 19.1 Å². The second-order valence-corrected chi connectivity index (χ2v) is 7.52. The molecule has 0 unspecified atom stereocenters. The van der Waals surface area contributed by atoms with Gasteiger partial charge in [-0.2, -0.15) is 18.2 Å². The Morgan fingerprint density at radius 2 is 1.88 bits per heavy atom. The van der Waals surface area contributed by atoms with Gasteiger partial charge in [-0.15, -0.1) is 0 Å². The van der Waals surface area contributed by atoms with Crippen molar-refractivity contribution in [1.82, 2.24) is 24.2 Å². The average molecular weight is 487 g/mol. The summed E-state index contributed by atoms with van der Waals surface area (Å²) in [6, 6.07) is 6.50. The molecule has 0 atom stereocenters. The lowest BCUT2D eigenvalue weighted by molar-refractivity contribution is -0.200. The van der Waals surface area contributed by atoms with Crippen LogP contribution in [0.5, 0.6) is 0 Å². The molecule has 0 aliphatic carbocycles. The zero-order valence-corrected chi connectivity index (χ0v) is 18.0. The predicted octanol–water partition coefficient (Wildman–Crippen LogP) is 0.949. The van der Waals surface area contributed by atoms with Crippen molar-refractivity contribution in [1.29, 1.82) is 0 Å². The van der Waals surface area contributed by atoms with Crippen LogP contribution in [-0.2, 0) is 11.3 Å². The average Bonchev–Trinajstić information content (AvgIpc) is 3.17. The second-order valence-electron chi connectivity index (χ2n) is 7.11. The molecule has 1 aliphatic rings.